The van der Waals surface area contributed by atoms with E-state index in [0.717, 1.165) is 17.3 Å². The van der Waals surface area contributed by atoms with Crippen molar-refractivity contribution in [2.45, 2.75) is 6.92 Å². The van der Waals surface area contributed by atoms with E-state index >= 15 is 0 Å². The second-order valence-electron chi connectivity index (χ2n) is 3.07. The third-order valence-electron chi connectivity index (χ3n) is 1.86. The Balaban J connectivity index is 0.00000137. The fourth-order valence-corrected chi connectivity index (χ4v) is 1.53. The fourth-order valence-electron chi connectivity index (χ4n) is 1.10. The van der Waals surface area contributed by atoms with Crippen LogP contribution in [0.25, 0.3) is 6.08 Å². The van der Waals surface area contributed by atoms with Gasteiger partial charge in [0.05, 0.1) is 4.91 Å². The third kappa shape index (κ3) is 6.80. The maximum atomic E-state index is 11.1. The first-order chi connectivity index (χ1) is 8.74. The first kappa shape index (κ1) is 16.3. The molecule has 0 aliphatic heterocycles. The minimum Gasteiger partial charge on any atom is -0.294 e. The van der Waals surface area contributed by atoms with Crippen molar-refractivity contribution in [2.24, 2.45) is 11.7 Å². The monoisotopic (exact) mass is 264 g/mol. The van der Waals surface area contributed by atoms with Gasteiger partial charge in [0, 0.05) is 0 Å². The topological polar surface area (TPSA) is 86.2 Å². The second kappa shape index (κ2) is 10.5. The van der Waals surface area contributed by atoms with Crippen LogP contribution in [-0.4, -0.2) is 11.4 Å². The summed E-state index contributed by atoms with van der Waals surface area (Å²) in [7, 11) is 0. The molecule has 0 radical (unpaired) electrons. The van der Waals surface area contributed by atoms with E-state index in [-0.39, 0.29) is 5.78 Å². The highest BCUT2D eigenvalue weighted by atomic mass is 32.2. The lowest BCUT2D eigenvalue weighted by molar-refractivity contribution is -0.112. The van der Waals surface area contributed by atoms with Crippen molar-refractivity contribution < 1.29 is 9.59 Å². The van der Waals surface area contributed by atoms with E-state index in [9.17, 15) is 9.59 Å². The largest absolute Gasteiger partial charge is 0.294 e. The van der Waals surface area contributed by atoms with E-state index in [1.54, 1.807) is 12.2 Å². The summed E-state index contributed by atoms with van der Waals surface area (Å²) < 4.78 is 0. The smallest absolute Gasteiger partial charge is 0.181 e. The standard InChI is InChI=1S/C13H12O2S.H4N2/c1-11(15)13(16-10-14)9-5-8-12-6-3-2-4-7-12;1-2/h2-10H,1H3;1-2H2/b8-5+,13-9-;. The molecule has 1 aromatic carbocycles. The van der Waals surface area contributed by atoms with E-state index in [2.05, 4.69) is 11.7 Å². The number of carbonyl (C=O) groups excluding carboxylic acids is 2. The number of thioether (sulfide) groups is 1. The molecule has 0 atom stereocenters. The second-order valence-corrected chi connectivity index (χ2v) is 3.94. The SMILES string of the molecule is CC(=O)/C(=C/C=C/c1ccccc1)SC=O.NN. The summed E-state index contributed by atoms with van der Waals surface area (Å²) in [5.74, 6) is 7.90. The molecular weight excluding hydrogens is 248 g/mol. The molecule has 0 spiro atoms. The molecule has 0 unspecified atom stereocenters. The molecule has 0 bridgehead atoms. The van der Waals surface area contributed by atoms with Crippen LogP contribution in [0.1, 0.15) is 12.5 Å². The van der Waals surface area contributed by atoms with E-state index in [1.807, 2.05) is 36.4 Å². The lowest BCUT2D eigenvalue weighted by Gasteiger charge is -1.94. The predicted octanol–water partition coefficient (Wildman–Crippen LogP) is 1.91. The molecule has 4 nitrogen and oxygen atoms in total. The maximum Gasteiger partial charge on any atom is 0.181 e. The number of rotatable bonds is 5. The number of benzene rings is 1. The summed E-state index contributed by atoms with van der Waals surface area (Å²) in [6, 6.07) is 9.75. The molecule has 1 aromatic rings. The van der Waals surface area contributed by atoms with Crippen LogP contribution < -0.4 is 11.7 Å². The van der Waals surface area contributed by atoms with Crippen molar-refractivity contribution in [1.82, 2.24) is 0 Å². The number of ketones is 1. The van der Waals surface area contributed by atoms with Crippen molar-refractivity contribution in [3.63, 3.8) is 0 Å². The number of allylic oxidation sites excluding steroid dienone is 3. The molecule has 4 N–H and O–H groups in total. The summed E-state index contributed by atoms with van der Waals surface area (Å²) in [5.41, 5.74) is 1.71. The van der Waals surface area contributed by atoms with E-state index in [0.29, 0.717) is 10.5 Å². The Morgan fingerprint density at radius 1 is 1.22 bits per heavy atom. The molecule has 0 heterocycles. The van der Waals surface area contributed by atoms with E-state index < -0.39 is 0 Å². The van der Waals surface area contributed by atoms with Gasteiger partial charge in [0.15, 0.2) is 11.4 Å². The van der Waals surface area contributed by atoms with Gasteiger partial charge in [-0.05, 0) is 18.6 Å². The summed E-state index contributed by atoms with van der Waals surface area (Å²) in [6.07, 6.45) is 5.30. The number of hydrogen-bond donors (Lipinski definition) is 2. The zero-order valence-electron chi connectivity index (χ0n) is 10.1. The molecule has 96 valence electrons. The normalized spacial score (nSPS) is 10.7. The Bertz CT molecular complexity index is 428. The van der Waals surface area contributed by atoms with Gasteiger partial charge in [-0.25, -0.2) is 0 Å². The average molecular weight is 264 g/mol. The molecule has 0 amide bonds. The molecule has 18 heavy (non-hydrogen) atoms. The Hall–Kier alpha value is -1.69. The Kier molecular flexibility index (Phi) is 9.48. The van der Waals surface area contributed by atoms with Crippen LogP contribution in [0.5, 0.6) is 0 Å². The number of carbonyl (C=O) groups is 2. The summed E-state index contributed by atoms with van der Waals surface area (Å²) in [6.45, 7) is 1.44. The summed E-state index contributed by atoms with van der Waals surface area (Å²) >= 11 is 0.899. The van der Waals surface area contributed by atoms with Crippen molar-refractivity contribution in [3.05, 3.63) is 53.0 Å². The summed E-state index contributed by atoms with van der Waals surface area (Å²) in [4.78, 5) is 21.8. The molecule has 0 saturated heterocycles. The first-order valence-corrected chi connectivity index (χ1v) is 6.00. The first-order valence-electron chi connectivity index (χ1n) is 5.12. The minimum atomic E-state index is -0.102. The highest BCUT2D eigenvalue weighted by Gasteiger charge is 2.01. The van der Waals surface area contributed by atoms with Crippen LogP contribution in [0.4, 0.5) is 0 Å². The van der Waals surface area contributed by atoms with Crippen LogP contribution in [0.3, 0.4) is 0 Å². The highest BCUT2D eigenvalue weighted by Crippen LogP contribution is 2.13. The molecule has 0 aromatic heterocycles. The lowest BCUT2D eigenvalue weighted by Crippen LogP contribution is -2.02. The lowest BCUT2D eigenvalue weighted by atomic mass is 10.2. The molecule has 5 heteroatoms. The van der Waals surface area contributed by atoms with Crippen LogP contribution in [0.2, 0.25) is 0 Å². The van der Waals surface area contributed by atoms with Gasteiger partial charge in [-0.3, -0.25) is 21.3 Å². The maximum absolute atomic E-state index is 11.1. The molecule has 0 saturated carbocycles. The number of Topliss-reactive ketones (excluding diaryl/α,β-unsaturated/α-hetero) is 1. The van der Waals surface area contributed by atoms with Gasteiger partial charge in [-0.2, -0.15) is 0 Å². The van der Waals surface area contributed by atoms with Crippen molar-refractivity contribution in [2.75, 3.05) is 0 Å². The third-order valence-corrected chi connectivity index (χ3v) is 2.63. The Morgan fingerprint density at radius 2 is 1.83 bits per heavy atom. The van der Waals surface area contributed by atoms with Gasteiger partial charge in [0.1, 0.15) is 0 Å². The van der Waals surface area contributed by atoms with Gasteiger partial charge in [-0.1, -0.05) is 54.2 Å². The number of hydrazine groups is 1. The molecule has 1 rings (SSSR count). The zero-order chi connectivity index (χ0) is 13.8. The van der Waals surface area contributed by atoms with Crippen molar-refractivity contribution >= 4 is 29.2 Å². The summed E-state index contributed by atoms with van der Waals surface area (Å²) in [5, 5.41) is 0. The Morgan fingerprint density at radius 3 is 2.33 bits per heavy atom. The van der Waals surface area contributed by atoms with Crippen LogP contribution >= 0.6 is 11.8 Å². The van der Waals surface area contributed by atoms with Crippen molar-refractivity contribution in [1.29, 1.82) is 0 Å². The van der Waals surface area contributed by atoms with Gasteiger partial charge >= 0.3 is 0 Å². The number of nitrogens with two attached hydrogens (primary N) is 2. The average Bonchev–Trinajstić information content (AvgIpc) is 2.41. The minimum absolute atomic E-state index is 0.102. The molecule has 0 fully saturated rings. The van der Waals surface area contributed by atoms with E-state index in [4.69, 9.17) is 0 Å². The van der Waals surface area contributed by atoms with Gasteiger partial charge in [0.2, 0.25) is 0 Å². The molecule has 0 aliphatic rings. The molecule has 0 aliphatic carbocycles. The fraction of sp³-hybridized carbons (Fsp3) is 0.0769. The zero-order valence-corrected chi connectivity index (χ0v) is 10.9. The Labute approximate surface area is 111 Å². The predicted molar refractivity (Wildman–Crippen MR) is 77.0 cm³/mol. The van der Waals surface area contributed by atoms with Crippen LogP contribution in [0, 0.1) is 0 Å². The number of hydrogen-bond acceptors (Lipinski definition) is 5. The highest BCUT2D eigenvalue weighted by molar-refractivity contribution is 8.16. The van der Waals surface area contributed by atoms with Gasteiger partial charge in [-0.15, -0.1) is 0 Å². The van der Waals surface area contributed by atoms with E-state index in [1.165, 1.54) is 6.92 Å². The van der Waals surface area contributed by atoms with Gasteiger partial charge < -0.3 is 0 Å². The van der Waals surface area contributed by atoms with Crippen LogP contribution in [0.15, 0.2) is 47.4 Å². The van der Waals surface area contributed by atoms with Gasteiger partial charge in [0.25, 0.3) is 0 Å². The van der Waals surface area contributed by atoms with Crippen molar-refractivity contribution in [3.8, 4) is 0 Å². The van der Waals surface area contributed by atoms with Crippen LogP contribution in [-0.2, 0) is 9.59 Å². The quantitative estimate of drug-likeness (QED) is 0.279. The molecular formula is C13H16N2O2S.